The zero-order chi connectivity index (χ0) is 45.2. The number of para-hydroxylation sites is 2. The van der Waals surface area contributed by atoms with Crippen LogP contribution in [0.5, 0.6) is 0 Å². The molecule has 9 rings (SSSR count). The molecule has 0 bridgehead atoms. The molecule has 0 saturated carbocycles. The van der Waals surface area contributed by atoms with Crippen LogP contribution in [0.1, 0.15) is 138 Å². The van der Waals surface area contributed by atoms with Crippen LogP contribution in [-0.4, -0.2) is 11.8 Å². The maximum atomic E-state index is 14.9. The van der Waals surface area contributed by atoms with E-state index in [1.807, 2.05) is 9.80 Å². The van der Waals surface area contributed by atoms with E-state index >= 15 is 0 Å². The van der Waals surface area contributed by atoms with Gasteiger partial charge in [-0.1, -0.05) is 184 Å². The van der Waals surface area contributed by atoms with E-state index in [9.17, 15) is 9.59 Å². The third-order valence-corrected chi connectivity index (χ3v) is 13.6. The molecule has 1 fully saturated rings. The van der Waals surface area contributed by atoms with Crippen molar-refractivity contribution in [1.82, 2.24) is 0 Å². The van der Waals surface area contributed by atoms with Crippen LogP contribution in [0.15, 0.2) is 146 Å². The van der Waals surface area contributed by atoms with Crippen molar-refractivity contribution >= 4 is 51.0 Å². The van der Waals surface area contributed by atoms with Gasteiger partial charge in [0, 0.05) is 27.7 Å². The Balaban J connectivity index is 1.28. The van der Waals surface area contributed by atoms with Gasteiger partial charge >= 0.3 is 0 Å². The van der Waals surface area contributed by atoms with Crippen molar-refractivity contribution in [2.45, 2.75) is 105 Å². The maximum absolute atomic E-state index is 14.9. The van der Waals surface area contributed by atoms with Crippen molar-refractivity contribution < 1.29 is 9.59 Å². The lowest BCUT2D eigenvalue weighted by Gasteiger charge is -2.45. The Morgan fingerprint density at radius 3 is 1.52 bits per heavy atom. The van der Waals surface area contributed by atoms with E-state index < -0.39 is 0 Å². The molecule has 1 radical (unpaired) electrons. The fraction of sp³-hybridized carbons (Fsp3) is 0.271. The van der Waals surface area contributed by atoms with Gasteiger partial charge in [0.25, 0.3) is 0 Å². The second kappa shape index (κ2) is 16.6. The normalized spacial score (nSPS) is 15.0. The highest BCUT2D eigenvalue weighted by Crippen LogP contribution is 2.52. The fourth-order valence-corrected chi connectivity index (χ4v) is 10.3. The standard InChI is InChI=1S/C59H60N3O2/c1-36(2)44-22-16-23-45(37(3)4)56(44)61-54(63)35-55(64)62(57-46(38(5)6)24-17-25-47(57)39(7)8)58(61)41-28-30-42(31-29-41)60(53-27-15-19-40-18-11-12-20-48(40)53)43-32-33-52-50(34-43)49-21-13-14-26-51(49)59(52,9)10/h11-34,36-39H,35H2,1-10H3. The highest BCUT2D eigenvalue weighted by molar-refractivity contribution is 6.18. The first-order valence-electron chi connectivity index (χ1n) is 23.1. The Morgan fingerprint density at radius 1 is 0.484 bits per heavy atom. The number of nitrogens with zero attached hydrogens (tertiary/aromatic N) is 3. The molecule has 1 aliphatic heterocycles. The topological polar surface area (TPSA) is 43.9 Å². The Morgan fingerprint density at radius 2 is 0.953 bits per heavy atom. The maximum Gasteiger partial charge on any atom is 0.238 e. The summed E-state index contributed by atoms with van der Waals surface area (Å²) in [5, 5.41) is 2.30. The zero-order valence-corrected chi connectivity index (χ0v) is 39.0. The van der Waals surface area contributed by atoms with E-state index in [0.29, 0.717) is 6.17 Å². The van der Waals surface area contributed by atoms with Gasteiger partial charge in [0.05, 0.1) is 17.1 Å². The lowest BCUT2D eigenvalue weighted by molar-refractivity contribution is -0.128. The number of fused-ring (bicyclic) bond motifs is 4. The molecule has 7 aromatic rings. The minimum Gasteiger partial charge on any atom is -0.310 e. The minimum atomic E-state index is -0.233. The monoisotopic (exact) mass is 842 g/mol. The number of anilines is 5. The van der Waals surface area contributed by atoms with Gasteiger partial charge in [-0.15, -0.1) is 0 Å². The predicted molar refractivity (Wildman–Crippen MR) is 267 cm³/mol. The van der Waals surface area contributed by atoms with Gasteiger partial charge in [0.15, 0.2) is 0 Å². The van der Waals surface area contributed by atoms with E-state index in [0.717, 1.165) is 67.0 Å². The van der Waals surface area contributed by atoms with E-state index in [-0.39, 0.29) is 47.3 Å². The van der Waals surface area contributed by atoms with Crippen molar-refractivity contribution in [1.29, 1.82) is 0 Å². The first-order chi connectivity index (χ1) is 30.7. The Hall–Kier alpha value is -6.46. The fourth-order valence-electron chi connectivity index (χ4n) is 10.3. The summed E-state index contributed by atoms with van der Waals surface area (Å²) < 4.78 is 0. The molecule has 2 amide bonds. The molecule has 0 spiro atoms. The van der Waals surface area contributed by atoms with E-state index in [1.165, 1.54) is 22.3 Å². The number of hydrogen-bond acceptors (Lipinski definition) is 3. The molecule has 5 nitrogen and oxygen atoms in total. The van der Waals surface area contributed by atoms with Gasteiger partial charge < -0.3 is 4.90 Å². The van der Waals surface area contributed by atoms with Gasteiger partial charge in [-0.25, -0.2) is 0 Å². The summed E-state index contributed by atoms with van der Waals surface area (Å²) in [6.07, 6.45) is 0.341. The van der Waals surface area contributed by atoms with Gasteiger partial charge in [-0.05, 0) is 104 Å². The van der Waals surface area contributed by atoms with E-state index in [2.05, 4.69) is 220 Å². The molecule has 1 aliphatic carbocycles. The molecule has 2 aliphatic rings. The van der Waals surface area contributed by atoms with Crippen molar-refractivity contribution in [2.24, 2.45) is 0 Å². The minimum absolute atomic E-state index is 0.118. The zero-order valence-electron chi connectivity index (χ0n) is 39.0. The van der Waals surface area contributed by atoms with Crippen LogP contribution in [0.3, 0.4) is 0 Å². The first kappa shape index (κ1) is 42.8. The molecule has 7 aromatic carbocycles. The van der Waals surface area contributed by atoms with Crippen molar-refractivity contribution in [3.8, 4) is 11.1 Å². The number of hydrogen-bond donors (Lipinski definition) is 0. The summed E-state index contributed by atoms with van der Waals surface area (Å²) in [4.78, 5) is 35.9. The summed E-state index contributed by atoms with van der Waals surface area (Å²) in [6.45, 7) is 22.1. The van der Waals surface area contributed by atoms with Crippen molar-refractivity contribution in [3.05, 3.63) is 191 Å². The molecule has 1 heterocycles. The second-order valence-electron chi connectivity index (χ2n) is 19.4. The van der Waals surface area contributed by atoms with Crippen LogP contribution in [0, 0.1) is 6.17 Å². The lowest BCUT2D eigenvalue weighted by atomic mass is 9.82. The average Bonchev–Trinajstić information content (AvgIpc) is 3.51. The van der Waals surface area contributed by atoms with Crippen LogP contribution < -0.4 is 14.7 Å². The number of carbonyl (C=O) groups excluding carboxylic acids is 2. The average molecular weight is 843 g/mol. The molecule has 64 heavy (non-hydrogen) atoms. The van der Waals surface area contributed by atoms with Crippen LogP contribution in [-0.2, 0) is 15.0 Å². The molecule has 5 heteroatoms. The first-order valence-corrected chi connectivity index (χ1v) is 23.1. The summed E-state index contributed by atoms with van der Waals surface area (Å²) in [5.41, 5.74) is 15.0. The highest BCUT2D eigenvalue weighted by atomic mass is 16.2. The highest BCUT2D eigenvalue weighted by Gasteiger charge is 2.46. The smallest absolute Gasteiger partial charge is 0.238 e. The molecule has 0 atom stereocenters. The number of rotatable bonds is 10. The molecule has 323 valence electrons. The molecule has 0 unspecified atom stereocenters. The summed E-state index contributed by atoms with van der Waals surface area (Å²) >= 11 is 0. The number of benzene rings is 7. The van der Waals surface area contributed by atoms with Gasteiger partial charge in [0.1, 0.15) is 6.42 Å². The third kappa shape index (κ3) is 7.10. The van der Waals surface area contributed by atoms with Crippen molar-refractivity contribution in [2.75, 3.05) is 14.7 Å². The van der Waals surface area contributed by atoms with E-state index in [1.54, 1.807) is 0 Å². The van der Waals surface area contributed by atoms with Crippen LogP contribution in [0.2, 0.25) is 0 Å². The van der Waals surface area contributed by atoms with Crippen LogP contribution >= 0.6 is 0 Å². The van der Waals surface area contributed by atoms with Gasteiger partial charge in [-0.3, -0.25) is 19.4 Å². The third-order valence-electron chi connectivity index (χ3n) is 13.6. The Labute approximate surface area is 380 Å². The summed E-state index contributed by atoms with van der Waals surface area (Å²) in [6, 6.07) is 52.0. The largest absolute Gasteiger partial charge is 0.310 e. The van der Waals surface area contributed by atoms with Crippen molar-refractivity contribution in [3.63, 3.8) is 0 Å². The van der Waals surface area contributed by atoms with Gasteiger partial charge in [0.2, 0.25) is 18.0 Å². The predicted octanol–water partition coefficient (Wildman–Crippen LogP) is 15.4. The summed E-state index contributed by atoms with van der Waals surface area (Å²) in [7, 11) is 0. The molecule has 1 saturated heterocycles. The Kier molecular flexibility index (Phi) is 11.1. The SMILES string of the molecule is CC(C)c1cccc(C(C)C)c1N1[C](c2ccc(N(c3ccc4c(c3)-c3ccccc3C4(C)C)c3cccc4ccccc34)cc2)N(c2c(C(C)C)cccc2C(C)C)C(=O)CC1=O. The van der Waals surface area contributed by atoms with Crippen LogP contribution in [0.25, 0.3) is 21.9 Å². The molecular formula is C59H60N3O2. The molecular weight excluding hydrogens is 783 g/mol. The van der Waals surface area contributed by atoms with E-state index in [4.69, 9.17) is 0 Å². The molecule has 0 aromatic heterocycles. The number of amides is 2. The van der Waals surface area contributed by atoms with Gasteiger partial charge in [-0.2, -0.15) is 0 Å². The lowest BCUT2D eigenvalue weighted by Crippen LogP contribution is -2.55. The second-order valence-corrected chi connectivity index (χ2v) is 19.4. The number of carbonyl (C=O) groups is 2. The van der Waals surface area contributed by atoms with Crippen LogP contribution in [0.4, 0.5) is 28.4 Å². The Bertz CT molecular complexity index is 2780. The quantitative estimate of drug-likeness (QED) is 0.129. The summed E-state index contributed by atoms with van der Waals surface area (Å²) in [5.74, 6) is 0.0762. The molecule has 0 N–H and O–H groups in total.